The van der Waals surface area contributed by atoms with E-state index in [1.165, 1.54) is 0 Å². The molecule has 0 spiro atoms. The summed E-state index contributed by atoms with van der Waals surface area (Å²) >= 11 is 0. The number of carbonyl (C=O) groups excluding carboxylic acids is 2. The van der Waals surface area contributed by atoms with E-state index >= 15 is 0 Å². The fourth-order valence-electron chi connectivity index (χ4n) is 4.28. The third-order valence-electron chi connectivity index (χ3n) is 5.57. The Morgan fingerprint density at radius 3 is 2.50 bits per heavy atom. The fraction of sp³-hybridized carbons (Fsp3) is 0.500. The van der Waals surface area contributed by atoms with Crippen molar-refractivity contribution in [3.8, 4) is 0 Å². The Hall–Kier alpha value is -2.90. The van der Waals surface area contributed by atoms with Gasteiger partial charge in [0.2, 0.25) is 5.89 Å². The average molecular weight is 383 g/mol. The van der Waals surface area contributed by atoms with Crippen molar-refractivity contribution in [1.29, 1.82) is 0 Å². The number of nitrogens with one attached hydrogen (secondary N) is 1. The first-order valence-electron chi connectivity index (χ1n) is 9.59. The normalized spacial score (nSPS) is 23.9. The van der Waals surface area contributed by atoms with Gasteiger partial charge < -0.3 is 19.6 Å². The molecule has 2 atom stereocenters. The molecule has 8 heteroatoms. The molecule has 148 valence electrons. The third-order valence-corrected chi connectivity index (χ3v) is 5.57. The zero-order chi connectivity index (χ0) is 19.9. The molecule has 2 fully saturated rings. The van der Waals surface area contributed by atoms with Gasteiger partial charge in [-0.05, 0) is 32.9 Å². The number of fused-ring (bicyclic) bond motifs is 1. The topological polar surface area (TPSA) is 91.6 Å². The molecule has 0 bridgehead atoms. The van der Waals surface area contributed by atoms with E-state index in [0.29, 0.717) is 43.5 Å². The molecule has 1 aromatic carbocycles. The highest BCUT2D eigenvalue weighted by molar-refractivity contribution is 5.94. The van der Waals surface area contributed by atoms with Gasteiger partial charge in [-0.3, -0.25) is 4.79 Å². The molecule has 3 amide bonds. The van der Waals surface area contributed by atoms with Gasteiger partial charge in [0.05, 0.1) is 5.41 Å². The maximum absolute atomic E-state index is 13.0. The Morgan fingerprint density at radius 2 is 1.86 bits per heavy atom. The summed E-state index contributed by atoms with van der Waals surface area (Å²) in [4.78, 5) is 33.7. The van der Waals surface area contributed by atoms with Crippen LogP contribution in [0.5, 0.6) is 0 Å². The van der Waals surface area contributed by atoms with E-state index in [1.807, 2.05) is 49.1 Å². The molecule has 2 aliphatic rings. The molecule has 4 rings (SSSR count). The van der Waals surface area contributed by atoms with Gasteiger partial charge in [0.15, 0.2) is 5.82 Å². The quantitative estimate of drug-likeness (QED) is 0.873. The van der Waals surface area contributed by atoms with Crippen molar-refractivity contribution in [3.05, 3.63) is 47.6 Å². The standard InChI is InChI=1S/C20H25N5O3/c1-13(2)21-19(27)25-10-16-9-24(17(26)15-7-5-4-6-8-15)11-20(16,12-25)18-22-14(3)23-28-18/h4-8,13,16H,9-12H2,1-3H3,(H,21,27). The summed E-state index contributed by atoms with van der Waals surface area (Å²) in [5.41, 5.74) is 0.133. The number of hydrogen-bond acceptors (Lipinski definition) is 5. The summed E-state index contributed by atoms with van der Waals surface area (Å²) in [6.45, 7) is 7.67. The minimum absolute atomic E-state index is 0.0104. The minimum atomic E-state index is -0.528. The Morgan fingerprint density at radius 1 is 1.18 bits per heavy atom. The van der Waals surface area contributed by atoms with Crippen LogP contribution in [-0.2, 0) is 5.41 Å². The summed E-state index contributed by atoms with van der Waals surface area (Å²) in [5, 5.41) is 6.90. The number of urea groups is 1. The van der Waals surface area contributed by atoms with Crippen LogP contribution in [0.2, 0.25) is 0 Å². The largest absolute Gasteiger partial charge is 0.339 e. The zero-order valence-electron chi connectivity index (χ0n) is 16.4. The molecule has 1 N–H and O–H groups in total. The van der Waals surface area contributed by atoms with E-state index in [0.717, 1.165) is 0 Å². The van der Waals surface area contributed by atoms with Gasteiger partial charge in [0.1, 0.15) is 0 Å². The second kappa shape index (κ2) is 6.92. The van der Waals surface area contributed by atoms with Crippen LogP contribution >= 0.6 is 0 Å². The highest BCUT2D eigenvalue weighted by Gasteiger charge is 2.58. The minimum Gasteiger partial charge on any atom is -0.339 e. The van der Waals surface area contributed by atoms with E-state index in [1.54, 1.807) is 11.8 Å². The second-order valence-corrected chi connectivity index (χ2v) is 8.04. The van der Waals surface area contributed by atoms with Crippen molar-refractivity contribution in [2.24, 2.45) is 5.92 Å². The van der Waals surface area contributed by atoms with E-state index < -0.39 is 5.41 Å². The lowest BCUT2D eigenvalue weighted by Crippen LogP contribution is -2.45. The second-order valence-electron chi connectivity index (χ2n) is 8.04. The maximum Gasteiger partial charge on any atom is 0.317 e. The third kappa shape index (κ3) is 3.12. The number of rotatable bonds is 3. The number of amides is 3. The lowest BCUT2D eigenvalue weighted by atomic mass is 9.81. The molecule has 0 saturated carbocycles. The van der Waals surface area contributed by atoms with Crippen LogP contribution < -0.4 is 5.32 Å². The van der Waals surface area contributed by atoms with Crippen LogP contribution in [0.4, 0.5) is 4.79 Å². The molecule has 2 aromatic rings. The summed E-state index contributed by atoms with van der Waals surface area (Å²) in [6.07, 6.45) is 0. The highest BCUT2D eigenvalue weighted by atomic mass is 16.5. The predicted molar refractivity (Wildman–Crippen MR) is 102 cm³/mol. The number of hydrogen-bond donors (Lipinski definition) is 1. The lowest BCUT2D eigenvalue weighted by molar-refractivity contribution is 0.0770. The molecule has 3 heterocycles. The van der Waals surface area contributed by atoms with Crippen molar-refractivity contribution < 1.29 is 14.1 Å². The van der Waals surface area contributed by atoms with E-state index in [4.69, 9.17) is 4.52 Å². The van der Waals surface area contributed by atoms with Crippen LogP contribution in [-0.4, -0.2) is 64.1 Å². The molecule has 0 aliphatic carbocycles. The zero-order valence-corrected chi connectivity index (χ0v) is 16.4. The first-order valence-corrected chi connectivity index (χ1v) is 9.59. The highest BCUT2D eigenvalue weighted by Crippen LogP contribution is 2.44. The molecular formula is C20H25N5O3. The van der Waals surface area contributed by atoms with Gasteiger partial charge in [-0.25, -0.2) is 4.79 Å². The summed E-state index contributed by atoms with van der Waals surface area (Å²) in [7, 11) is 0. The first-order chi connectivity index (χ1) is 13.4. The van der Waals surface area contributed by atoms with Gasteiger partial charge in [-0.1, -0.05) is 23.4 Å². The van der Waals surface area contributed by atoms with Crippen molar-refractivity contribution in [1.82, 2.24) is 25.3 Å². The first kappa shape index (κ1) is 18.5. The number of aromatic nitrogens is 2. The van der Waals surface area contributed by atoms with Crippen molar-refractivity contribution in [2.75, 3.05) is 26.2 Å². The van der Waals surface area contributed by atoms with Crippen LogP contribution in [0.1, 0.15) is 35.9 Å². The number of nitrogens with zero attached hydrogens (tertiary/aromatic N) is 4. The predicted octanol–water partition coefficient (Wildman–Crippen LogP) is 1.82. The van der Waals surface area contributed by atoms with Crippen LogP contribution in [0, 0.1) is 12.8 Å². The molecule has 2 aliphatic heterocycles. The van der Waals surface area contributed by atoms with Gasteiger partial charge in [0.25, 0.3) is 5.91 Å². The summed E-state index contributed by atoms with van der Waals surface area (Å²) in [6, 6.07) is 9.22. The van der Waals surface area contributed by atoms with Crippen molar-refractivity contribution in [2.45, 2.75) is 32.2 Å². The number of aryl methyl sites for hydroxylation is 1. The van der Waals surface area contributed by atoms with E-state index in [-0.39, 0.29) is 23.9 Å². The van der Waals surface area contributed by atoms with Gasteiger partial charge in [-0.15, -0.1) is 0 Å². The van der Waals surface area contributed by atoms with E-state index in [2.05, 4.69) is 15.5 Å². The van der Waals surface area contributed by atoms with Crippen LogP contribution in [0.3, 0.4) is 0 Å². The summed E-state index contributed by atoms with van der Waals surface area (Å²) < 4.78 is 5.54. The molecule has 8 nitrogen and oxygen atoms in total. The van der Waals surface area contributed by atoms with Crippen LogP contribution in [0.15, 0.2) is 34.9 Å². The Kier molecular flexibility index (Phi) is 4.56. The fourth-order valence-corrected chi connectivity index (χ4v) is 4.28. The monoisotopic (exact) mass is 383 g/mol. The Balaban J connectivity index is 1.61. The maximum atomic E-state index is 13.0. The smallest absolute Gasteiger partial charge is 0.317 e. The number of benzene rings is 1. The number of likely N-dealkylation sites (tertiary alicyclic amines) is 2. The molecule has 0 radical (unpaired) electrons. The Bertz CT molecular complexity index is 881. The molecular weight excluding hydrogens is 358 g/mol. The van der Waals surface area contributed by atoms with Crippen LogP contribution in [0.25, 0.3) is 0 Å². The van der Waals surface area contributed by atoms with Crippen molar-refractivity contribution in [3.63, 3.8) is 0 Å². The van der Waals surface area contributed by atoms with Gasteiger partial charge >= 0.3 is 6.03 Å². The average Bonchev–Trinajstić information content (AvgIpc) is 3.33. The molecule has 28 heavy (non-hydrogen) atoms. The molecule has 2 unspecified atom stereocenters. The molecule has 2 saturated heterocycles. The van der Waals surface area contributed by atoms with E-state index in [9.17, 15) is 9.59 Å². The van der Waals surface area contributed by atoms with Gasteiger partial charge in [-0.2, -0.15) is 4.98 Å². The van der Waals surface area contributed by atoms with Gasteiger partial charge in [0, 0.05) is 43.7 Å². The lowest BCUT2D eigenvalue weighted by Gasteiger charge is -2.26. The molecule has 1 aromatic heterocycles. The Labute approximate surface area is 163 Å². The van der Waals surface area contributed by atoms with Crippen molar-refractivity contribution >= 4 is 11.9 Å². The SMILES string of the molecule is Cc1noc(C23CN(C(=O)NC(C)C)CC2CN(C(=O)c2ccccc2)C3)n1. The number of carbonyl (C=O) groups is 2. The summed E-state index contributed by atoms with van der Waals surface area (Å²) in [5.74, 6) is 1.11.